The molecule has 5 rings (SSSR count). The van der Waals surface area contributed by atoms with E-state index in [2.05, 4.69) is 4.98 Å². The van der Waals surface area contributed by atoms with Crippen LogP contribution in [0.4, 0.5) is 0 Å². The van der Waals surface area contributed by atoms with Crippen molar-refractivity contribution < 1.29 is 13.1 Å². The summed E-state index contributed by atoms with van der Waals surface area (Å²) in [5, 5.41) is 3.86. The second-order valence-electron chi connectivity index (χ2n) is 6.62. The van der Waals surface area contributed by atoms with E-state index in [9.17, 15) is 0 Å². The number of nitrogens with zero attached hydrogens (tertiary/aromatic N) is 2. The molecule has 2 aromatic heterocycles. The van der Waals surface area contributed by atoms with E-state index in [1.54, 1.807) is 12.3 Å². The summed E-state index contributed by atoms with van der Waals surface area (Å²) in [6, 6.07) is 15.7. The summed E-state index contributed by atoms with van der Waals surface area (Å²) in [6.45, 7) is -0.412. The van der Waals surface area contributed by atoms with E-state index >= 15 is 0 Å². The maximum atomic E-state index is 8.10. The highest BCUT2D eigenvalue weighted by Gasteiger charge is 2.24. The molecule has 0 N–H and O–H groups in total. The average molecular weight is 342 g/mol. The van der Waals surface area contributed by atoms with Gasteiger partial charge >= 0.3 is 5.82 Å². The maximum Gasteiger partial charge on any atom is 0.334 e. The zero-order valence-electron chi connectivity index (χ0n) is 17.6. The Morgan fingerprint density at radius 1 is 1.08 bits per heavy atom. The average Bonchev–Trinajstić information content (AvgIpc) is 3.06. The van der Waals surface area contributed by atoms with Crippen LogP contribution < -0.4 is 4.57 Å². The molecule has 0 saturated carbocycles. The Morgan fingerprint density at radius 2 is 1.96 bits per heavy atom. The minimum Gasteiger partial charge on any atom is -0.455 e. The lowest BCUT2D eigenvalue weighted by Gasteiger charge is -2.07. The number of fused-ring (bicyclic) bond motifs is 5. The molecule has 0 atom stereocenters. The van der Waals surface area contributed by atoms with Crippen molar-refractivity contribution in [2.45, 2.75) is 13.8 Å². The van der Waals surface area contributed by atoms with Crippen LogP contribution in [0.1, 0.15) is 15.2 Å². The first-order valence-corrected chi connectivity index (χ1v) is 8.55. The number of hydrogen-bond acceptors (Lipinski definition) is 2. The van der Waals surface area contributed by atoms with Crippen LogP contribution in [0, 0.1) is 13.8 Å². The Bertz CT molecular complexity index is 1420. The van der Waals surface area contributed by atoms with Gasteiger partial charge in [-0.15, -0.1) is 0 Å². The van der Waals surface area contributed by atoms with Crippen LogP contribution in [0.5, 0.6) is 0 Å². The van der Waals surface area contributed by atoms with Gasteiger partial charge in [0.05, 0.1) is 13.2 Å². The minimum atomic E-state index is -2.24. The summed E-state index contributed by atoms with van der Waals surface area (Å²) < 4.78 is 32.5. The van der Waals surface area contributed by atoms with Crippen LogP contribution in [-0.2, 0) is 7.05 Å². The molecule has 3 nitrogen and oxygen atoms in total. The molecule has 0 saturated heterocycles. The minimum absolute atomic E-state index is 0.321. The van der Waals surface area contributed by atoms with Gasteiger partial charge in [0.25, 0.3) is 0 Å². The molecule has 5 aromatic rings. The van der Waals surface area contributed by atoms with Crippen molar-refractivity contribution in [2.24, 2.45) is 7.05 Å². The van der Waals surface area contributed by atoms with Gasteiger partial charge < -0.3 is 4.42 Å². The lowest BCUT2D eigenvalue weighted by Crippen LogP contribution is -2.31. The summed E-state index contributed by atoms with van der Waals surface area (Å²) in [6.07, 6.45) is 3.61. The van der Waals surface area contributed by atoms with Crippen molar-refractivity contribution in [3.63, 3.8) is 0 Å². The van der Waals surface area contributed by atoms with Crippen molar-refractivity contribution in [2.75, 3.05) is 0 Å². The summed E-state index contributed by atoms with van der Waals surface area (Å²) in [7, 11) is 1.90. The van der Waals surface area contributed by atoms with E-state index in [0.717, 1.165) is 32.7 Å². The monoisotopic (exact) mass is 342 g/mol. The number of furan rings is 1. The van der Waals surface area contributed by atoms with Crippen LogP contribution >= 0.6 is 0 Å². The normalized spacial score (nSPS) is 13.8. The van der Waals surface area contributed by atoms with Crippen molar-refractivity contribution in [1.82, 2.24) is 4.98 Å². The molecular formula is C23H19N2O+. The molecule has 3 aromatic carbocycles. The summed E-state index contributed by atoms with van der Waals surface area (Å²) in [4.78, 5) is 4.53. The summed E-state index contributed by atoms with van der Waals surface area (Å²) in [5.74, 6) is 0.671. The van der Waals surface area contributed by atoms with E-state index < -0.39 is 6.85 Å². The van der Waals surface area contributed by atoms with Gasteiger partial charge in [-0.25, -0.2) is 4.57 Å². The van der Waals surface area contributed by atoms with Crippen molar-refractivity contribution in [3.8, 4) is 11.4 Å². The Hall–Kier alpha value is -3.20. The third kappa shape index (κ3) is 2.00. The second kappa shape index (κ2) is 5.40. The quantitative estimate of drug-likeness (QED) is 0.390. The maximum absolute atomic E-state index is 8.10. The molecule has 0 unspecified atom stereocenters. The second-order valence-corrected chi connectivity index (χ2v) is 6.62. The molecule has 0 fully saturated rings. The van der Waals surface area contributed by atoms with Gasteiger partial charge in [-0.05, 0) is 52.8 Å². The van der Waals surface area contributed by atoms with Crippen LogP contribution in [0.25, 0.3) is 44.1 Å². The smallest absolute Gasteiger partial charge is 0.334 e. The molecule has 0 aliphatic heterocycles. The zero-order chi connectivity index (χ0) is 20.3. The van der Waals surface area contributed by atoms with Gasteiger partial charge in [0.15, 0.2) is 5.58 Å². The largest absolute Gasteiger partial charge is 0.455 e. The van der Waals surface area contributed by atoms with E-state index in [1.165, 1.54) is 0 Å². The van der Waals surface area contributed by atoms with E-state index in [4.69, 9.17) is 8.53 Å². The highest BCUT2D eigenvalue weighted by atomic mass is 16.3. The van der Waals surface area contributed by atoms with Crippen molar-refractivity contribution in [3.05, 3.63) is 72.1 Å². The summed E-state index contributed by atoms with van der Waals surface area (Å²) in [5.41, 5.74) is 3.10. The fraction of sp³-hybridized carbons (Fsp3) is 0.130. The van der Waals surface area contributed by atoms with Gasteiger partial charge in [0, 0.05) is 21.0 Å². The first-order chi connectivity index (χ1) is 13.9. The Morgan fingerprint density at radius 3 is 2.81 bits per heavy atom. The number of aromatic nitrogens is 2. The van der Waals surface area contributed by atoms with Crippen molar-refractivity contribution in [1.29, 1.82) is 0 Å². The third-order valence-electron chi connectivity index (χ3n) is 5.06. The van der Waals surface area contributed by atoms with Gasteiger partial charge in [0.2, 0.25) is 0 Å². The summed E-state index contributed by atoms with van der Waals surface area (Å²) >= 11 is 0. The molecule has 26 heavy (non-hydrogen) atoms. The van der Waals surface area contributed by atoms with Crippen LogP contribution in [0.15, 0.2) is 65.3 Å². The highest BCUT2D eigenvalue weighted by molar-refractivity contribution is 6.20. The Kier molecular flexibility index (Phi) is 2.53. The number of aryl methyl sites for hydroxylation is 2. The van der Waals surface area contributed by atoms with Gasteiger partial charge in [-0.1, -0.05) is 30.3 Å². The van der Waals surface area contributed by atoms with Crippen LogP contribution in [0.3, 0.4) is 0 Å². The van der Waals surface area contributed by atoms with Gasteiger partial charge in [0.1, 0.15) is 17.3 Å². The molecule has 2 heterocycles. The topological polar surface area (TPSA) is 29.9 Å². The zero-order valence-corrected chi connectivity index (χ0v) is 14.6. The number of benzene rings is 3. The lowest BCUT2D eigenvalue weighted by atomic mass is 9.96. The predicted octanol–water partition coefficient (Wildman–Crippen LogP) is 5.24. The Labute approximate surface area is 155 Å². The molecule has 0 radical (unpaired) electrons. The molecule has 126 valence electrons. The first kappa shape index (κ1) is 12.2. The third-order valence-corrected chi connectivity index (χ3v) is 5.06. The molecule has 0 aliphatic rings. The van der Waals surface area contributed by atoms with E-state index in [-0.39, 0.29) is 0 Å². The van der Waals surface area contributed by atoms with Crippen LogP contribution in [0.2, 0.25) is 0 Å². The molecule has 0 spiro atoms. The standard InChI is InChI=1S/C23H19N2O/c1-14-13-18-21-17-8-5-4-7-16(17)9-10-19(21)26-22(18)20(15(14)2)23-24-11-6-12-25(23)3/h4-13H,1-3H3/q+1/i1D3. The predicted molar refractivity (Wildman–Crippen MR) is 105 cm³/mol. The number of rotatable bonds is 1. The molecule has 0 amide bonds. The number of hydrogen-bond donors (Lipinski definition) is 0. The Balaban J connectivity index is 2.04. The molecular weight excluding hydrogens is 320 g/mol. The van der Waals surface area contributed by atoms with Gasteiger partial charge in [-0.2, -0.15) is 0 Å². The fourth-order valence-corrected chi connectivity index (χ4v) is 3.73. The SMILES string of the molecule is [2H]C([2H])([2H])c1cc2c(oc3ccc4ccccc4c32)c(-c2nccc[n+]2C)c1C. The van der Waals surface area contributed by atoms with E-state index in [0.29, 0.717) is 22.5 Å². The molecule has 3 heteroatoms. The van der Waals surface area contributed by atoms with Crippen LogP contribution in [-0.4, -0.2) is 4.98 Å². The van der Waals surface area contributed by atoms with E-state index in [1.807, 2.05) is 67.2 Å². The molecule has 0 bridgehead atoms. The first-order valence-electron chi connectivity index (χ1n) is 10.1. The fourth-order valence-electron chi connectivity index (χ4n) is 3.73. The highest BCUT2D eigenvalue weighted by Crippen LogP contribution is 2.40. The van der Waals surface area contributed by atoms with Crippen molar-refractivity contribution >= 4 is 32.7 Å². The van der Waals surface area contributed by atoms with Gasteiger partial charge in [-0.3, -0.25) is 0 Å². The molecule has 0 aliphatic carbocycles. The lowest BCUT2D eigenvalue weighted by molar-refractivity contribution is -0.663.